The number of hydrogen-bond donors (Lipinski definition) is 0. The fraction of sp³-hybridized carbons (Fsp3) is 0.238. The Kier molecular flexibility index (Phi) is 4.63. The lowest BCUT2D eigenvalue weighted by Crippen LogP contribution is -2.31. The Balaban J connectivity index is 1.62. The van der Waals surface area contributed by atoms with Crippen LogP contribution in [0.3, 0.4) is 0 Å². The second kappa shape index (κ2) is 6.98. The fourth-order valence-corrected chi connectivity index (χ4v) is 4.28. The summed E-state index contributed by atoms with van der Waals surface area (Å²) >= 11 is 1.20. The quantitative estimate of drug-likeness (QED) is 0.493. The Morgan fingerprint density at radius 2 is 1.71 bits per heavy atom. The van der Waals surface area contributed by atoms with E-state index >= 15 is 0 Å². The maximum Gasteiger partial charge on any atom is 0.247 e. The fourth-order valence-electron chi connectivity index (χ4n) is 3.25. The van der Waals surface area contributed by atoms with Crippen LogP contribution in [0.2, 0.25) is 0 Å². The monoisotopic (exact) mass is 395 g/mol. The molecule has 1 atom stereocenters. The molecule has 0 aliphatic carbocycles. The number of thioether (sulfide) groups is 1. The molecular weight excluding hydrogens is 377 g/mol. The molecule has 0 spiro atoms. The normalized spacial score (nSPS) is 17.0. The lowest BCUT2D eigenvalue weighted by atomic mass is 10.1. The third-order valence-electron chi connectivity index (χ3n) is 4.92. The lowest BCUT2D eigenvalue weighted by molar-refractivity contribution is -0.121. The van der Waals surface area contributed by atoms with E-state index in [1.165, 1.54) is 41.6 Å². The number of benzene rings is 2. The van der Waals surface area contributed by atoms with Gasteiger partial charge in [0, 0.05) is 17.5 Å². The second-order valence-corrected chi connectivity index (χ2v) is 8.07. The van der Waals surface area contributed by atoms with Crippen molar-refractivity contribution in [3.8, 4) is 0 Å². The summed E-state index contributed by atoms with van der Waals surface area (Å²) in [5.41, 5.74) is 4.34. The van der Waals surface area contributed by atoms with Crippen LogP contribution in [0.5, 0.6) is 0 Å². The zero-order valence-corrected chi connectivity index (χ0v) is 16.5. The van der Waals surface area contributed by atoms with E-state index in [2.05, 4.69) is 16.0 Å². The molecule has 4 rings (SSSR count). The van der Waals surface area contributed by atoms with Gasteiger partial charge in [-0.3, -0.25) is 9.59 Å². The van der Waals surface area contributed by atoms with Gasteiger partial charge in [-0.05, 0) is 68.3 Å². The number of halogens is 1. The Morgan fingerprint density at radius 3 is 2.43 bits per heavy atom. The van der Waals surface area contributed by atoms with Gasteiger partial charge in [-0.2, -0.15) is 0 Å². The molecule has 2 amide bonds. The number of imide groups is 1. The molecule has 2 aromatic carbocycles. The van der Waals surface area contributed by atoms with Gasteiger partial charge < -0.3 is 0 Å². The zero-order chi connectivity index (χ0) is 20.0. The van der Waals surface area contributed by atoms with Crippen molar-refractivity contribution < 1.29 is 14.0 Å². The van der Waals surface area contributed by atoms with Gasteiger partial charge in [0.1, 0.15) is 11.1 Å². The molecule has 0 bridgehead atoms. The molecule has 5 nitrogen and oxygen atoms in total. The first kappa shape index (κ1) is 18.6. The van der Waals surface area contributed by atoms with Crippen molar-refractivity contribution in [3.63, 3.8) is 0 Å². The van der Waals surface area contributed by atoms with Crippen LogP contribution < -0.4 is 4.90 Å². The van der Waals surface area contributed by atoms with Crippen molar-refractivity contribution in [2.24, 2.45) is 0 Å². The summed E-state index contributed by atoms with van der Waals surface area (Å²) in [5.74, 6) is -1.06. The second-order valence-electron chi connectivity index (χ2n) is 6.90. The van der Waals surface area contributed by atoms with E-state index < -0.39 is 11.1 Å². The highest BCUT2D eigenvalue weighted by atomic mass is 32.2. The molecular formula is C21H18FN3O2S. The largest absolute Gasteiger partial charge is 0.274 e. The van der Waals surface area contributed by atoms with Crippen molar-refractivity contribution >= 4 is 40.2 Å². The summed E-state index contributed by atoms with van der Waals surface area (Å²) < 4.78 is 13.1. The maximum absolute atomic E-state index is 13.1. The van der Waals surface area contributed by atoms with Crippen molar-refractivity contribution in [3.05, 3.63) is 59.0 Å². The SMILES string of the molecule is Cc1cc2nc(S[C@H]3CC(=O)N(c4ccc(F)cc4)C3=O)nc(C)c2cc1C. The smallest absolute Gasteiger partial charge is 0.247 e. The number of anilines is 1. The predicted molar refractivity (Wildman–Crippen MR) is 107 cm³/mol. The molecule has 0 saturated carbocycles. The Hall–Kier alpha value is -2.80. The van der Waals surface area contributed by atoms with E-state index in [-0.39, 0.29) is 18.2 Å². The van der Waals surface area contributed by atoms with Crippen LogP contribution in [0, 0.1) is 26.6 Å². The van der Waals surface area contributed by atoms with E-state index in [1.54, 1.807) is 0 Å². The van der Waals surface area contributed by atoms with Crippen LogP contribution >= 0.6 is 11.8 Å². The summed E-state index contributed by atoms with van der Waals surface area (Å²) in [4.78, 5) is 35.4. The number of carbonyl (C=O) groups excluding carboxylic acids is 2. The summed E-state index contributed by atoms with van der Waals surface area (Å²) in [6.07, 6.45) is 0.0637. The van der Waals surface area contributed by atoms with Crippen molar-refractivity contribution in [2.75, 3.05) is 4.90 Å². The van der Waals surface area contributed by atoms with Crippen LogP contribution in [-0.2, 0) is 9.59 Å². The minimum Gasteiger partial charge on any atom is -0.274 e. The van der Waals surface area contributed by atoms with Crippen LogP contribution in [0.25, 0.3) is 10.9 Å². The van der Waals surface area contributed by atoms with E-state index in [0.29, 0.717) is 10.8 Å². The number of amides is 2. The molecule has 28 heavy (non-hydrogen) atoms. The predicted octanol–water partition coefficient (Wildman–Crippen LogP) is 4.12. The molecule has 1 aromatic heterocycles. The van der Waals surface area contributed by atoms with Gasteiger partial charge >= 0.3 is 0 Å². The number of aromatic nitrogens is 2. The highest BCUT2D eigenvalue weighted by molar-refractivity contribution is 8.00. The Labute approximate surface area is 166 Å². The molecule has 1 fully saturated rings. The topological polar surface area (TPSA) is 63.2 Å². The molecule has 7 heteroatoms. The van der Waals surface area contributed by atoms with Gasteiger partial charge in [-0.25, -0.2) is 19.3 Å². The number of hydrogen-bond acceptors (Lipinski definition) is 5. The lowest BCUT2D eigenvalue weighted by Gasteiger charge is -2.14. The molecule has 0 unspecified atom stereocenters. The first-order chi connectivity index (χ1) is 13.3. The molecule has 2 heterocycles. The maximum atomic E-state index is 13.1. The van der Waals surface area contributed by atoms with E-state index in [9.17, 15) is 14.0 Å². The van der Waals surface area contributed by atoms with Crippen LogP contribution in [0.15, 0.2) is 41.6 Å². The number of fused-ring (bicyclic) bond motifs is 1. The first-order valence-corrected chi connectivity index (χ1v) is 9.76. The molecule has 142 valence electrons. The van der Waals surface area contributed by atoms with Gasteiger partial charge in [0.25, 0.3) is 0 Å². The molecule has 1 aliphatic heterocycles. The van der Waals surface area contributed by atoms with Crippen molar-refractivity contribution in [2.45, 2.75) is 37.6 Å². The molecule has 1 aliphatic rings. The van der Waals surface area contributed by atoms with Crippen LogP contribution in [0.4, 0.5) is 10.1 Å². The highest BCUT2D eigenvalue weighted by Gasteiger charge is 2.40. The van der Waals surface area contributed by atoms with E-state index in [1.807, 2.05) is 26.8 Å². The average Bonchev–Trinajstić information content (AvgIpc) is 2.91. The van der Waals surface area contributed by atoms with Gasteiger partial charge in [0.05, 0.1) is 11.2 Å². The van der Waals surface area contributed by atoms with Gasteiger partial charge in [0.15, 0.2) is 5.16 Å². The number of carbonyl (C=O) groups is 2. The minimum absolute atomic E-state index is 0.0637. The highest BCUT2D eigenvalue weighted by Crippen LogP contribution is 2.33. The standard InChI is InChI=1S/C21H18FN3O2S/c1-11-8-16-13(3)23-21(24-17(16)9-12(11)2)28-18-10-19(26)25(20(18)27)15-6-4-14(22)5-7-15/h4-9,18H,10H2,1-3H3/t18-/m0/s1. The molecule has 3 aromatic rings. The van der Waals surface area contributed by atoms with Crippen LogP contribution in [-0.4, -0.2) is 27.0 Å². The van der Waals surface area contributed by atoms with Gasteiger partial charge in [-0.15, -0.1) is 0 Å². The van der Waals surface area contributed by atoms with E-state index in [4.69, 9.17) is 0 Å². The Morgan fingerprint density at radius 1 is 1.04 bits per heavy atom. The summed E-state index contributed by atoms with van der Waals surface area (Å²) in [6.45, 7) is 5.98. The molecule has 0 radical (unpaired) electrons. The molecule has 0 N–H and O–H groups in total. The number of aryl methyl sites for hydroxylation is 3. The number of nitrogens with zero attached hydrogens (tertiary/aromatic N) is 3. The minimum atomic E-state index is -0.596. The summed E-state index contributed by atoms with van der Waals surface area (Å²) in [5, 5.41) is 0.857. The third kappa shape index (κ3) is 3.26. The summed E-state index contributed by atoms with van der Waals surface area (Å²) in [6, 6.07) is 9.40. The van der Waals surface area contributed by atoms with Crippen LogP contribution in [0.1, 0.15) is 23.2 Å². The van der Waals surface area contributed by atoms with Crippen molar-refractivity contribution in [1.29, 1.82) is 0 Å². The number of rotatable bonds is 3. The molecule has 1 saturated heterocycles. The third-order valence-corrected chi connectivity index (χ3v) is 5.97. The van der Waals surface area contributed by atoms with Gasteiger partial charge in [0.2, 0.25) is 11.8 Å². The van der Waals surface area contributed by atoms with Gasteiger partial charge in [-0.1, -0.05) is 11.8 Å². The average molecular weight is 395 g/mol. The van der Waals surface area contributed by atoms with Crippen molar-refractivity contribution in [1.82, 2.24) is 9.97 Å². The summed E-state index contributed by atoms with van der Waals surface area (Å²) in [7, 11) is 0. The first-order valence-electron chi connectivity index (χ1n) is 8.88. The Bertz CT molecular complexity index is 1110. The van der Waals surface area contributed by atoms with E-state index in [0.717, 1.165) is 27.1 Å². The zero-order valence-electron chi connectivity index (χ0n) is 15.7.